The third-order valence-corrected chi connectivity index (χ3v) is 2.88. The highest BCUT2D eigenvalue weighted by atomic mass is 35.5. The molecule has 2 rings (SSSR count). The molecular weight excluding hydrogens is 237 g/mol. The van der Waals surface area contributed by atoms with E-state index in [0.717, 1.165) is 11.3 Å². The summed E-state index contributed by atoms with van der Waals surface area (Å²) in [7, 11) is 1.87. The van der Waals surface area contributed by atoms with E-state index in [2.05, 4.69) is 5.32 Å². The average Bonchev–Trinajstić information content (AvgIpc) is 2.35. The lowest BCUT2D eigenvalue weighted by atomic mass is 10.0. The van der Waals surface area contributed by atoms with E-state index in [4.69, 9.17) is 11.6 Å². The van der Waals surface area contributed by atoms with Crippen molar-refractivity contribution in [2.24, 2.45) is 0 Å². The number of hydrogen-bond donors (Lipinski definition) is 1. The van der Waals surface area contributed by atoms with Crippen LogP contribution in [0.25, 0.3) is 0 Å². The van der Waals surface area contributed by atoms with Gasteiger partial charge in [-0.15, -0.1) is 0 Å². The first-order valence-corrected chi connectivity index (χ1v) is 5.77. The summed E-state index contributed by atoms with van der Waals surface area (Å²) in [6.07, 6.45) is 0.552. The Labute approximate surface area is 105 Å². The monoisotopic (exact) mass is 249 g/mol. The maximum Gasteiger partial charge on any atom is 0.126 e. The molecule has 0 radical (unpaired) electrons. The van der Waals surface area contributed by atoms with Crippen molar-refractivity contribution in [2.75, 3.05) is 12.4 Å². The van der Waals surface area contributed by atoms with Crippen LogP contribution in [0.1, 0.15) is 11.1 Å². The SMILES string of the molecule is CNc1ccc(Cc2cc(Cl)ccc2F)cc1. The summed E-state index contributed by atoms with van der Waals surface area (Å²) in [4.78, 5) is 0. The van der Waals surface area contributed by atoms with Gasteiger partial charge in [0.05, 0.1) is 0 Å². The summed E-state index contributed by atoms with van der Waals surface area (Å²) in [6.45, 7) is 0. The van der Waals surface area contributed by atoms with Gasteiger partial charge < -0.3 is 5.32 Å². The van der Waals surface area contributed by atoms with Gasteiger partial charge in [-0.1, -0.05) is 23.7 Å². The molecule has 2 aromatic rings. The molecule has 1 nitrogen and oxygen atoms in total. The number of halogens is 2. The van der Waals surface area contributed by atoms with Gasteiger partial charge >= 0.3 is 0 Å². The van der Waals surface area contributed by atoms with Gasteiger partial charge in [0.15, 0.2) is 0 Å². The van der Waals surface area contributed by atoms with Gasteiger partial charge in [-0.2, -0.15) is 0 Å². The predicted molar refractivity (Wildman–Crippen MR) is 70.2 cm³/mol. The first kappa shape index (κ1) is 11.9. The van der Waals surface area contributed by atoms with E-state index >= 15 is 0 Å². The first-order valence-electron chi connectivity index (χ1n) is 5.39. The number of nitrogens with one attached hydrogen (secondary N) is 1. The van der Waals surface area contributed by atoms with Crippen molar-refractivity contribution in [2.45, 2.75) is 6.42 Å². The van der Waals surface area contributed by atoms with Crippen LogP contribution in [0.4, 0.5) is 10.1 Å². The van der Waals surface area contributed by atoms with Gasteiger partial charge in [-0.25, -0.2) is 4.39 Å². The lowest BCUT2D eigenvalue weighted by Gasteiger charge is -2.05. The molecule has 0 bridgehead atoms. The van der Waals surface area contributed by atoms with Crippen LogP contribution in [0.2, 0.25) is 5.02 Å². The van der Waals surface area contributed by atoms with Gasteiger partial charge in [0.2, 0.25) is 0 Å². The third-order valence-electron chi connectivity index (χ3n) is 2.64. The molecule has 0 heterocycles. The smallest absolute Gasteiger partial charge is 0.126 e. The van der Waals surface area contributed by atoms with Crippen molar-refractivity contribution in [3.8, 4) is 0 Å². The molecule has 0 aliphatic heterocycles. The van der Waals surface area contributed by atoms with Crippen molar-refractivity contribution in [1.29, 1.82) is 0 Å². The molecule has 0 saturated carbocycles. The Hall–Kier alpha value is -1.54. The van der Waals surface area contributed by atoms with Gasteiger partial charge in [0.25, 0.3) is 0 Å². The summed E-state index contributed by atoms with van der Waals surface area (Å²) in [5.74, 6) is -0.216. The molecule has 0 fully saturated rings. The van der Waals surface area contributed by atoms with Crippen LogP contribution in [-0.2, 0) is 6.42 Å². The molecule has 88 valence electrons. The normalized spacial score (nSPS) is 10.3. The summed E-state index contributed by atoms with van der Waals surface area (Å²) in [5, 5.41) is 3.61. The quantitative estimate of drug-likeness (QED) is 0.863. The van der Waals surface area contributed by atoms with Crippen molar-refractivity contribution in [3.63, 3.8) is 0 Å². The van der Waals surface area contributed by atoms with Crippen LogP contribution in [0.15, 0.2) is 42.5 Å². The number of rotatable bonds is 3. The second-order valence-electron chi connectivity index (χ2n) is 3.86. The Kier molecular flexibility index (Phi) is 3.64. The van der Waals surface area contributed by atoms with E-state index in [1.807, 2.05) is 31.3 Å². The Morgan fingerprint density at radius 2 is 1.82 bits per heavy atom. The van der Waals surface area contributed by atoms with Crippen molar-refractivity contribution < 1.29 is 4.39 Å². The van der Waals surface area contributed by atoms with Crippen LogP contribution in [0.5, 0.6) is 0 Å². The van der Waals surface area contributed by atoms with Crippen LogP contribution in [0.3, 0.4) is 0 Å². The minimum absolute atomic E-state index is 0.216. The van der Waals surface area contributed by atoms with Crippen molar-refractivity contribution in [1.82, 2.24) is 0 Å². The highest BCUT2D eigenvalue weighted by Crippen LogP contribution is 2.19. The Bertz CT molecular complexity index is 508. The molecule has 0 aliphatic rings. The first-order chi connectivity index (χ1) is 8.19. The Balaban J connectivity index is 2.22. The fraction of sp³-hybridized carbons (Fsp3) is 0.143. The molecule has 0 spiro atoms. The predicted octanol–water partition coefficient (Wildman–Crippen LogP) is 4.11. The van der Waals surface area contributed by atoms with Crippen LogP contribution in [0, 0.1) is 5.82 Å². The van der Waals surface area contributed by atoms with E-state index in [1.165, 1.54) is 6.07 Å². The number of hydrogen-bond acceptors (Lipinski definition) is 1. The topological polar surface area (TPSA) is 12.0 Å². The summed E-state index contributed by atoms with van der Waals surface area (Å²) in [6, 6.07) is 12.5. The molecule has 1 N–H and O–H groups in total. The van der Waals surface area contributed by atoms with Crippen molar-refractivity contribution >= 4 is 17.3 Å². The van der Waals surface area contributed by atoms with Crippen LogP contribution < -0.4 is 5.32 Å². The zero-order valence-corrected chi connectivity index (χ0v) is 10.3. The van der Waals surface area contributed by atoms with E-state index in [1.54, 1.807) is 12.1 Å². The molecule has 0 saturated heterocycles. The molecule has 2 aromatic carbocycles. The highest BCUT2D eigenvalue weighted by Gasteiger charge is 2.04. The minimum atomic E-state index is -0.216. The molecule has 0 amide bonds. The fourth-order valence-corrected chi connectivity index (χ4v) is 1.88. The van der Waals surface area contributed by atoms with Crippen molar-refractivity contribution in [3.05, 3.63) is 64.4 Å². The minimum Gasteiger partial charge on any atom is -0.388 e. The lowest BCUT2D eigenvalue weighted by molar-refractivity contribution is 0.614. The summed E-state index contributed by atoms with van der Waals surface area (Å²) in [5.41, 5.74) is 2.72. The van der Waals surface area contributed by atoms with Gasteiger partial charge in [-0.05, 0) is 41.5 Å². The van der Waals surface area contributed by atoms with Gasteiger partial charge in [-0.3, -0.25) is 0 Å². The molecule has 17 heavy (non-hydrogen) atoms. The standard InChI is InChI=1S/C14H13ClFN/c1-17-13-5-2-10(3-6-13)8-11-9-12(15)4-7-14(11)16/h2-7,9,17H,8H2,1H3. The molecule has 3 heteroatoms. The summed E-state index contributed by atoms with van der Waals surface area (Å²) >= 11 is 5.85. The zero-order chi connectivity index (χ0) is 12.3. The second-order valence-corrected chi connectivity index (χ2v) is 4.30. The maximum absolute atomic E-state index is 13.5. The second kappa shape index (κ2) is 5.19. The van der Waals surface area contributed by atoms with E-state index in [-0.39, 0.29) is 5.82 Å². The fourth-order valence-electron chi connectivity index (χ4n) is 1.69. The maximum atomic E-state index is 13.5. The molecular formula is C14H13ClFN. The molecule has 0 unspecified atom stereocenters. The van der Waals surface area contributed by atoms with Crippen LogP contribution >= 0.6 is 11.6 Å². The van der Waals surface area contributed by atoms with Gasteiger partial charge in [0, 0.05) is 24.2 Å². The Morgan fingerprint density at radius 3 is 2.47 bits per heavy atom. The molecule has 0 atom stereocenters. The van der Waals surface area contributed by atoms with E-state index < -0.39 is 0 Å². The number of anilines is 1. The third kappa shape index (κ3) is 2.98. The van der Waals surface area contributed by atoms with Crippen LogP contribution in [-0.4, -0.2) is 7.05 Å². The zero-order valence-electron chi connectivity index (χ0n) is 9.50. The van der Waals surface area contributed by atoms with E-state index in [0.29, 0.717) is 17.0 Å². The van der Waals surface area contributed by atoms with Gasteiger partial charge in [0.1, 0.15) is 5.82 Å². The largest absolute Gasteiger partial charge is 0.388 e. The highest BCUT2D eigenvalue weighted by molar-refractivity contribution is 6.30. The van der Waals surface area contributed by atoms with E-state index in [9.17, 15) is 4.39 Å². The lowest BCUT2D eigenvalue weighted by Crippen LogP contribution is -1.93. The molecule has 0 aromatic heterocycles. The number of benzene rings is 2. The summed E-state index contributed by atoms with van der Waals surface area (Å²) < 4.78 is 13.5. The molecule has 0 aliphatic carbocycles. The Morgan fingerprint density at radius 1 is 1.12 bits per heavy atom. The average molecular weight is 250 g/mol.